The smallest absolute Gasteiger partial charge is 0.318 e. The van der Waals surface area contributed by atoms with Crippen LogP contribution in [0.5, 0.6) is 0 Å². The normalized spacial score (nSPS) is 19.4. The molecule has 1 unspecified atom stereocenters. The summed E-state index contributed by atoms with van der Waals surface area (Å²) in [6.45, 7) is 3.47. The number of hydrogen-bond donors (Lipinski definition) is 1. The van der Waals surface area contributed by atoms with Crippen molar-refractivity contribution in [2.45, 2.75) is 38.8 Å². The highest BCUT2D eigenvalue weighted by atomic mass is 35.5. The van der Waals surface area contributed by atoms with Crippen LogP contribution < -0.4 is 5.32 Å². The number of urea groups is 1. The summed E-state index contributed by atoms with van der Waals surface area (Å²) < 4.78 is 13.7. The van der Waals surface area contributed by atoms with Crippen LogP contribution in [0.25, 0.3) is 0 Å². The molecule has 9 heteroatoms. The lowest BCUT2D eigenvalue weighted by Gasteiger charge is -2.29. The molecule has 4 rings (SSSR count). The summed E-state index contributed by atoms with van der Waals surface area (Å²) >= 11 is 5.74. The predicted molar refractivity (Wildman–Crippen MR) is 114 cm³/mol. The molecule has 1 fully saturated rings. The third-order valence-electron chi connectivity index (χ3n) is 5.96. The number of rotatable bonds is 4. The Morgan fingerprint density at radius 2 is 2.23 bits per heavy atom. The Hall–Kier alpha value is -2.74. The Balaban J connectivity index is 1.39. The van der Waals surface area contributed by atoms with E-state index in [4.69, 9.17) is 16.6 Å². The van der Waals surface area contributed by atoms with Gasteiger partial charge in [0.1, 0.15) is 11.6 Å². The molecule has 2 aliphatic heterocycles. The number of aromatic nitrogens is 2. The molecule has 164 valence electrons. The molecular formula is C22H25ClFN5O2. The third-order valence-corrected chi connectivity index (χ3v) is 6.27. The minimum atomic E-state index is -0.508. The Labute approximate surface area is 185 Å². The van der Waals surface area contributed by atoms with E-state index in [-0.39, 0.29) is 28.9 Å². The average molecular weight is 446 g/mol. The second-order valence-corrected chi connectivity index (χ2v) is 8.73. The minimum Gasteiger partial charge on any atom is -0.345 e. The van der Waals surface area contributed by atoms with Gasteiger partial charge in [-0.15, -0.1) is 0 Å². The number of nitrogens with one attached hydrogen (secondary N) is 1. The lowest BCUT2D eigenvalue weighted by Crippen LogP contribution is -2.44. The SMILES string of the molecule is C[C@@H](NC(=O)N1CCc2cnc(CC3CC(=O)N(C)C3)nc2C1)c1ccc(Cl)c(F)c1. The quantitative estimate of drug-likeness (QED) is 0.784. The topological polar surface area (TPSA) is 78.4 Å². The van der Waals surface area contributed by atoms with Gasteiger partial charge in [-0.05, 0) is 42.5 Å². The van der Waals surface area contributed by atoms with Crippen LogP contribution in [0.4, 0.5) is 9.18 Å². The van der Waals surface area contributed by atoms with E-state index in [1.165, 1.54) is 12.1 Å². The number of halogens is 2. The van der Waals surface area contributed by atoms with Crippen LogP contribution >= 0.6 is 11.6 Å². The first-order chi connectivity index (χ1) is 14.8. The minimum absolute atomic E-state index is 0.0546. The molecule has 3 heterocycles. The molecule has 1 aromatic heterocycles. The van der Waals surface area contributed by atoms with Crippen molar-refractivity contribution in [3.05, 3.63) is 57.9 Å². The number of carbonyl (C=O) groups excluding carboxylic acids is 2. The lowest BCUT2D eigenvalue weighted by atomic mass is 10.0. The number of carbonyl (C=O) groups is 2. The van der Waals surface area contributed by atoms with Crippen LogP contribution in [0.1, 0.15) is 42.0 Å². The molecule has 1 N–H and O–H groups in total. The Morgan fingerprint density at radius 3 is 2.94 bits per heavy atom. The van der Waals surface area contributed by atoms with Gasteiger partial charge in [-0.25, -0.2) is 19.2 Å². The zero-order chi connectivity index (χ0) is 22.1. The number of nitrogens with zero attached hydrogens (tertiary/aromatic N) is 4. The van der Waals surface area contributed by atoms with Crippen molar-refractivity contribution >= 4 is 23.5 Å². The maximum Gasteiger partial charge on any atom is 0.318 e. The first kappa shape index (κ1) is 21.5. The molecule has 0 saturated carbocycles. The zero-order valence-corrected chi connectivity index (χ0v) is 18.3. The summed E-state index contributed by atoms with van der Waals surface area (Å²) in [6.07, 6.45) is 3.69. The molecule has 2 aromatic rings. The highest BCUT2D eigenvalue weighted by Crippen LogP contribution is 2.23. The first-order valence-corrected chi connectivity index (χ1v) is 10.8. The second-order valence-electron chi connectivity index (χ2n) is 8.32. The molecule has 7 nitrogen and oxygen atoms in total. The molecule has 1 saturated heterocycles. The summed E-state index contributed by atoms with van der Waals surface area (Å²) in [4.78, 5) is 37.2. The zero-order valence-electron chi connectivity index (χ0n) is 17.6. The molecular weight excluding hydrogens is 421 g/mol. The Kier molecular flexibility index (Phi) is 6.09. The van der Waals surface area contributed by atoms with Gasteiger partial charge in [0.15, 0.2) is 0 Å². The van der Waals surface area contributed by atoms with Crippen LogP contribution in [0, 0.1) is 11.7 Å². The van der Waals surface area contributed by atoms with Crippen LogP contribution in [-0.2, 0) is 24.2 Å². The van der Waals surface area contributed by atoms with Gasteiger partial charge in [0.05, 0.1) is 23.3 Å². The van der Waals surface area contributed by atoms with E-state index in [1.54, 1.807) is 22.8 Å². The number of likely N-dealkylation sites (tertiary alicyclic amines) is 1. The largest absolute Gasteiger partial charge is 0.345 e. The van der Waals surface area contributed by atoms with Crippen molar-refractivity contribution < 1.29 is 14.0 Å². The summed E-state index contributed by atoms with van der Waals surface area (Å²) in [5.41, 5.74) is 2.53. The molecule has 31 heavy (non-hydrogen) atoms. The molecule has 0 aliphatic carbocycles. The van der Waals surface area contributed by atoms with Gasteiger partial charge in [0.2, 0.25) is 5.91 Å². The van der Waals surface area contributed by atoms with E-state index in [2.05, 4.69) is 10.3 Å². The molecule has 2 aliphatic rings. The van der Waals surface area contributed by atoms with Crippen LogP contribution in [0.3, 0.4) is 0 Å². The molecule has 0 bridgehead atoms. The number of fused-ring (bicyclic) bond motifs is 1. The third kappa shape index (κ3) is 4.79. The Morgan fingerprint density at radius 1 is 1.42 bits per heavy atom. The standard InChI is InChI=1S/C22H25ClFN5O2/c1-13(15-3-4-17(23)18(24)9-15)26-22(31)29-6-5-16-10-25-20(27-19(16)12-29)7-14-8-21(30)28(2)11-14/h3-4,9-10,13-14H,5-8,11-12H2,1-2H3,(H,26,31)/t13-,14?/m1/s1. The van der Waals surface area contributed by atoms with Crippen LogP contribution in [0.15, 0.2) is 24.4 Å². The van der Waals surface area contributed by atoms with E-state index >= 15 is 0 Å². The fourth-order valence-corrected chi connectivity index (χ4v) is 4.23. The highest BCUT2D eigenvalue weighted by molar-refractivity contribution is 6.30. The number of hydrogen-bond acceptors (Lipinski definition) is 4. The van der Waals surface area contributed by atoms with Crippen molar-refractivity contribution in [1.29, 1.82) is 0 Å². The van der Waals surface area contributed by atoms with Crippen molar-refractivity contribution in [2.75, 3.05) is 20.1 Å². The summed E-state index contributed by atoms with van der Waals surface area (Å²) in [5, 5.41) is 2.97. The number of amides is 3. The summed E-state index contributed by atoms with van der Waals surface area (Å²) in [6, 6.07) is 3.94. The van der Waals surface area contributed by atoms with Gasteiger partial charge in [-0.2, -0.15) is 0 Å². The summed E-state index contributed by atoms with van der Waals surface area (Å²) in [5.74, 6) is 0.574. The van der Waals surface area contributed by atoms with Crippen molar-refractivity contribution in [3.63, 3.8) is 0 Å². The average Bonchev–Trinajstić information content (AvgIpc) is 3.06. The fourth-order valence-electron chi connectivity index (χ4n) is 4.11. The molecule has 3 amide bonds. The van der Waals surface area contributed by atoms with E-state index in [1.807, 2.05) is 13.2 Å². The highest BCUT2D eigenvalue weighted by Gasteiger charge is 2.29. The van der Waals surface area contributed by atoms with Crippen LogP contribution in [-0.4, -0.2) is 51.8 Å². The second kappa shape index (κ2) is 8.78. The maximum absolute atomic E-state index is 13.7. The van der Waals surface area contributed by atoms with Gasteiger partial charge in [0, 0.05) is 39.2 Å². The van der Waals surface area contributed by atoms with Gasteiger partial charge < -0.3 is 15.1 Å². The number of benzene rings is 1. The van der Waals surface area contributed by atoms with E-state index < -0.39 is 5.82 Å². The monoisotopic (exact) mass is 445 g/mol. The molecule has 0 spiro atoms. The van der Waals surface area contributed by atoms with Crippen LogP contribution in [0.2, 0.25) is 5.02 Å². The van der Waals surface area contributed by atoms with Crippen molar-refractivity contribution in [3.8, 4) is 0 Å². The first-order valence-electron chi connectivity index (χ1n) is 10.4. The maximum atomic E-state index is 13.7. The lowest BCUT2D eigenvalue weighted by molar-refractivity contribution is -0.126. The van der Waals surface area contributed by atoms with Gasteiger partial charge in [-0.1, -0.05) is 17.7 Å². The molecule has 0 radical (unpaired) electrons. The van der Waals surface area contributed by atoms with Crippen molar-refractivity contribution in [2.24, 2.45) is 5.92 Å². The van der Waals surface area contributed by atoms with E-state index in [0.717, 1.165) is 17.8 Å². The summed E-state index contributed by atoms with van der Waals surface area (Å²) in [7, 11) is 1.81. The molecule has 2 atom stereocenters. The van der Waals surface area contributed by atoms with Gasteiger partial charge >= 0.3 is 6.03 Å². The Bertz CT molecular complexity index is 1020. The fraction of sp³-hybridized carbons (Fsp3) is 0.455. The van der Waals surface area contributed by atoms with E-state index in [9.17, 15) is 14.0 Å². The van der Waals surface area contributed by atoms with E-state index in [0.29, 0.717) is 43.7 Å². The van der Waals surface area contributed by atoms with Gasteiger partial charge in [-0.3, -0.25) is 4.79 Å². The van der Waals surface area contributed by atoms with Crippen molar-refractivity contribution in [1.82, 2.24) is 25.1 Å². The molecule has 1 aromatic carbocycles. The van der Waals surface area contributed by atoms with Gasteiger partial charge in [0.25, 0.3) is 0 Å². The predicted octanol–water partition coefficient (Wildman–Crippen LogP) is 3.12.